The number of halogens is 1. The van der Waals surface area contributed by atoms with Crippen LogP contribution >= 0.6 is 0 Å². The van der Waals surface area contributed by atoms with Crippen molar-refractivity contribution < 1.29 is 18.7 Å². The third-order valence-corrected chi connectivity index (χ3v) is 2.67. The molecule has 0 spiro atoms. The summed E-state index contributed by atoms with van der Waals surface area (Å²) in [7, 11) is 1.24. The molecule has 0 aliphatic heterocycles. The summed E-state index contributed by atoms with van der Waals surface area (Å²) in [6.45, 7) is 3.52. The van der Waals surface area contributed by atoms with Crippen molar-refractivity contribution in [2.75, 3.05) is 12.8 Å². The number of nitrogen functional groups attached to an aromatic ring is 1. The third kappa shape index (κ3) is 3.67. The summed E-state index contributed by atoms with van der Waals surface area (Å²) < 4.78 is 17.7. The van der Waals surface area contributed by atoms with Gasteiger partial charge in [-0.05, 0) is 24.1 Å². The number of ether oxygens (including phenoxy) is 1. The maximum absolute atomic E-state index is 13.1. The van der Waals surface area contributed by atoms with Crippen LogP contribution in [-0.4, -0.2) is 25.0 Å². The fraction of sp³-hybridized carbons (Fsp3) is 0.385. The van der Waals surface area contributed by atoms with E-state index in [1.165, 1.54) is 13.2 Å². The van der Waals surface area contributed by atoms with Crippen LogP contribution in [0.4, 0.5) is 10.1 Å². The molecule has 0 aliphatic carbocycles. The van der Waals surface area contributed by atoms with Crippen molar-refractivity contribution in [1.29, 1.82) is 0 Å². The molecule has 0 radical (unpaired) electrons. The van der Waals surface area contributed by atoms with E-state index in [1.54, 1.807) is 13.8 Å². The second-order valence-corrected chi connectivity index (χ2v) is 4.45. The number of hydrogen-bond acceptors (Lipinski definition) is 4. The predicted molar refractivity (Wildman–Crippen MR) is 68.9 cm³/mol. The monoisotopic (exact) mass is 268 g/mol. The average Bonchev–Trinajstić information content (AvgIpc) is 2.37. The van der Waals surface area contributed by atoms with Crippen molar-refractivity contribution in [2.24, 2.45) is 5.92 Å². The van der Waals surface area contributed by atoms with Crippen molar-refractivity contribution in [1.82, 2.24) is 5.32 Å². The lowest BCUT2D eigenvalue weighted by atomic mass is 10.0. The van der Waals surface area contributed by atoms with E-state index in [0.717, 1.165) is 12.1 Å². The summed E-state index contributed by atoms with van der Waals surface area (Å²) in [6, 6.07) is 2.68. The molecule has 0 saturated carbocycles. The molecule has 0 aliphatic rings. The van der Waals surface area contributed by atoms with Gasteiger partial charge >= 0.3 is 5.97 Å². The van der Waals surface area contributed by atoms with E-state index in [2.05, 4.69) is 10.1 Å². The van der Waals surface area contributed by atoms with E-state index in [4.69, 9.17) is 5.73 Å². The largest absolute Gasteiger partial charge is 0.467 e. The van der Waals surface area contributed by atoms with Gasteiger partial charge in [0.1, 0.15) is 11.9 Å². The smallest absolute Gasteiger partial charge is 0.328 e. The van der Waals surface area contributed by atoms with Crippen molar-refractivity contribution in [2.45, 2.75) is 19.9 Å². The van der Waals surface area contributed by atoms with E-state index in [1.807, 2.05) is 0 Å². The van der Waals surface area contributed by atoms with Crippen molar-refractivity contribution >= 4 is 17.6 Å². The topological polar surface area (TPSA) is 81.4 Å². The minimum atomic E-state index is -0.805. The highest BCUT2D eigenvalue weighted by atomic mass is 19.1. The first-order valence-electron chi connectivity index (χ1n) is 5.80. The second-order valence-electron chi connectivity index (χ2n) is 4.45. The Hall–Kier alpha value is -2.11. The zero-order valence-corrected chi connectivity index (χ0v) is 11.1. The molecular formula is C13H17FN2O3. The molecule has 1 amide bonds. The highest BCUT2D eigenvalue weighted by Crippen LogP contribution is 2.14. The molecule has 0 fully saturated rings. The lowest BCUT2D eigenvalue weighted by Gasteiger charge is -2.20. The number of carbonyl (C=O) groups is 2. The summed E-state index contributed by atoms with van der Waals surface area (Å²) in [5, 5.41) is 2.49. The molecular weight excluding hydrogens is 251 g/mol. The SMILES string of the molecule is COC(=O)[C@@H](NC(=O)c1cc(F)ccc1N)C(C)C. The third-order valence-electron chi connectivity index (χ3n) is 2.67. The summed E-state index contributed by atoms with van der Waals surface area (Å²) in [5.74, 6) is -1.90. The molecule has 1 rings (SSSR count). The van der Waals surface area contributed by atoms with Crippen LogP contribution in [0.5, 0.6) is 0 Å². The van der Waals surface area contributed by atoms with E-state index in [0.29, 0.717) is 0 Å². The van der Waals surface area contributed by atoms with Gasteiger partial charge < -0.3 is 15.8 Å². The normalized spacial score (nSPS) is 12.1. The minimum absolute atomic E-state index is 0.00504. The highest BCUT2D eigenvalue weighted by Gasteiger charge is 2.26. The lowest BCUT2D eigenvalue weighted by Crippen LogP contribution is -2.45. The Kier molecular flexibility index (Phi) is 4.86. The maximum atomic E-state index is 13.1. The van der Waals surface area contributed by atoms with Crippen LogP contribution < -0.4 is 11.1 Å². The number of benzene rings is 1. The van der Waals surface area contributed by atoms with Gasteiger partial charge in [-0.3, -0.25) is 4.79 Å². The van der Waals surface area contributed by atoms with Crippen molar-refractivity contribution in [3.63, 3.8) is 0 Å². The zero-order chi connectivity index (χ0) is 14.6. The fourth-order valence-corrected chi connectivity index (χ4v) is 1.57. The molecule has 0 unspecified atom stereocenters. The predicted octanol–water partition coefficient (Wildman–Crippen LogP) is 1.34. The Labute approximate surface area is 110 Å². The molecule has 6 heteroatoms. The molecule has 5 nitrogen and oxygen atoms in total. The maximum Gasteiger partial charge on any atom is 0.328 e. The number of esters is 1. The molecule has 3 N–H and O–H groups in total. The number of rotatable bonds is 4. The van der Waals surface area contributed by atoms with E-state index in [-0.39, 0.29) is 17.2 Å². The van der Waals surface area contributed by atoms with Gasteiger partial charge in [-0.1, -0.05) is 13.8 Å². The Balaban J connectivity index is 2.94. The molecule has 1 atom stereocenters. The Bertz CT molecular complexity index is 489. The Morgan fingerprint density at radius 3 is 2.53 bits per heavy atom. The number of anilines is 1. The van der Waals surface area contributed by atoms with Crippen LogP contribution in [0.2, 0.25) is 0 Å². The van der Waals surface area contributed by atoms with Gasteiger partial charge in [0.25, 0.3) is 5.91 Å². The molecule has 104 valence electrons. The van der Waals surface area contributed by atoms with Crippen LogP contribution in [0, 0.1) is 11.7 Å². The molecule has 19 heavy (non-hydrogen) atoms. The molecule has 1 aromatic carbocycles. The number of hydrogen-bond donors (Lipinski definition) is 2. The van der Waals surface area contributed by atoms with Gasteiger partial charge in [0, 0.05) is 5.69 Å². The first kappa shape index (κ1) is 14.9. The first-order valence-corrected chi connectivity index (χ1v) is 5.80. The quantitative estimate of drug-likeness (QED) is 0.637. The number of carbonyl (C=O) groups excluding carboxylic acids is 2. The molecule has 0 heterocycles. The minimum Gasteiger partial charge on any atom is -0.467 e. The molecule has 0 aromatic heterocycles. The average molecular weight is 268 g/mol. The van der Waals surface area contributed by atoms with Crippen molar-refractivity contribution in [3.05, 3.63) is 29.6 Å². The Morgan fingerprint density at radius 2 is 2.00 bits per heavy atom. The standard InChI is InChI=1S/C13H17FN2O3/c1-7(2)11(13(18)19-3)16-12(17)9-6-8(14)4-5-10(9)15/h4-7,11H,15H2,1-3H3,(H,16,17)/t11-/m0/s1. The zero-order valence-electron chi connectivity index (χ0n) is 11.1. The summed E-state index contributed by atoms with van der Waals surface area (Å²) in [4.78, 5) is 23.5. The number of nitrogens with one attached hydrogen (secondary N) is 1. The van der Waals surface area contributed by atoms with E-state index in [9.17, 15) is 14.0 Å². The van der Waals surface area contributed by atoms with Gasteiger partial charge in [0.15, 0.2) is 0 Å². The van der Waals surface area contributed by atoms with Gasteiger partial charge in [-0.2, -0.15) is 0 Å². The summed E-state index contributed by atoms with van der Waals surface area (Å²) in [6.07, 6.45) is 0. The van der Waals surface area contributed by atoms with E-state index >= 15 is 0 Å². The van der Waals surface area contributed by atoms with Gasteiger partial charge in [0.2, 0.25) is 0 Å². The van der Waals surface area contributed by atoms with Crippen LogP contribution in [0.3, 0.4) is 0 Å². The number of nitrogens with two attached hydrogens (primary N) is 1. The van der Waals surface area contributed by atoms with Gasteiger partial charge in [-0.25, -0.2) is 9.18 Å². The first-order chi connectivity index (χ1) is 8.86. The van der Waals surface area contributed by atoms with Crippen LogP contribution in [0.1, 0.15) is 24.2 Å². The van der Waals surface area contributed by atoms with Gasteiger partial charge in [0.05, 0.1) is 12.7 Å². The van der Waals surface area contributed by atoms with E-state index < -0.39 is 23.7 Å². The highest BCUT2D eigenvalue weighted by molar-refractivity contribution is 6.01. The fourth-order valence-electron chi connectivity index (χ4n) is 1.57. The van der Waals surface area contributed by atoms with Crippen LogP contribution in [-0.2, 0) is 9.53 Å². The van der Waals surface area contributed by atoms with Crippen molar-refractivity contribution in [3.8, 4) is 0 Å². The van der Waals surface area contributed by atoms with Crippen LogP contribution in [0.15, 0.2) is 18.2 Å². The number of methoxy groups -OCH3 is 1. The van der Waals surface area contributed by atoms with Gasteiger partial charge in [-0.15, -0.1) is 0 Å². The summed E-state index contributed by atoms with van der Waals surface area (Å²) in [5.41, 5.74) is 5.75. The molecule has 0 saturated heterocycles. The Morgan fingerprint density at radius 1 is 1.37 bits per heavy atom. The van der Waals surface area contributed by atoms with Crippen LogP contribution in [0.25, 0.3) is 0 Å². The summed E-state index contributed by atoms with van der Waals surface area (Å²) >= 11 is 0. The molecule has 1 aromatic rings. The lowest BCUT2D eigenvalue weighted by molar-refractivity contribution is -0.144. The molecule has 0 bridgehead atoms. The number of amides is 1. The second kappa shape index (κ2) is 6.17.